The number of rotatable bonds is 5. The van der Waals surface area contributed by atoms with Crippen molar-refractivity contribution in [3.63, 3.8) is 0 Å². The topological polar surface area (TPSA) is 76.6 Å². The number of carbonyl (C=O) groups is 1. The second-order valence-corrected chi connectivity index (χ2v) is 5.72. The Bertz CT molecular complexity index is 499. The summed E-state index contributed by atoms with van der Waals surface area (Å²) < 4.78 is 10.8. The minimum absolute atomic E-state index is 0.0759. The van der Waals surface area contributed by atoms with Crippen molar-refractivity contribution in [2.24, 2.45) is 11.8 Å². The molecular formula is C15H22N4O3. The Morgan fingerprint density at radius 1 is 1.55 bits per heavy atom. The Hall–Kier alpha value is -1.73. The van der Waals surface area contributed by atoms with E-state index in [1.54, 1.807) is 13.3 Å². The Morgan fingerprint density at radius 3 is 3.23 bits per heavy atom. The van der Waals surface area contributed by atoms with Gasteiger partial charge >= 0.3 is 0 Å². The van der Waals surface area contributed by atoms with Crippen LogP contribution in [0.1, 0.15) is 6.42 Å². The molecule has 7 heteroatoms. The number of nitrogens with one attached hydrogen (secondary N) is 1. The predicted octanol–water partition coefficient (Wildman–Crippen LogP) is 0.0805. The molecule has 0 unspecified atom stereocenters. The monoisotopic (exact) mass is 306 g/mol. The summed E-state index contributed by atoms with van der Waals surface area (Å²) in [6.45, 7) is 3.24. The van der Waals surface area contributed by atoms with Gasteiger partial charge in [-0.2, -0.15) is 0 Å². The molecule has 22 heavy (non-hydrogen) atoms. The molecule has 2 aliphatic heterocycles. The lowest BCUT2D eigenvalue weighted by atomic mass is 9.82. The zero-order valence-corrected chi connectivity index (χ0v) is 12.8. The molecule has 0 aliphatic carbocycles. The van der Waals surface area contributed by atoms with E-state index < -0.39 is 0 Å². The first-order chi connectivity index (χ1) is 10.8. The highest BCUT2D eigenvalue weighted by atomic mass is 16.5. The number of ether oxygens (including phenoxy) is 2. The third-order valence-corrected chi connectivity index (χ3v) is 4.43. The zero-order valence-electron chi connectivity index (χ0n) is 12.8. The molecule has 0 radical (unpaired) electrons. The van der Waals surface area contributed by atoms with E-state index in [-0.39, 0.29) is 17.9 Å². The molecule has 0 spiro atoms. The van der Waals surface area contributed by atoms with E-state index in [1.165, 1.54) is 6.33 Å². The van der Waals surface area contributed by atoms with Crippen LogP contribution in [0.3, 0.4) is 0 Å². The number of nitrogens with zero attached hydrogens (tertiary/aromatic N) is 3. The summed E-state index contributed by atoms with van der Waals surface area (Å²) in [6.07, 6.45) is 4.30. The molecule has 2 fully saturated rings. The molecule has 120 valence electrons. The van der Waals surface area contributed by atoms with E-state index >= 15 is 0 Å². The fourth-order valence-electron chi connectivity index (χ4n) is 3.32. The number of anilines is 1. The Kier molecular flexibility index (Phi) is 4.84. The first-order valence-corrected chi connectivity index (χ1v) is 7.69. The average Bonchev–Trinajstić information content (AvgIpc) is 3.03. The van der Waals surface area contributed by atoms with Gasteiger partial charge in [-0.05, 0) is 12.5 Å². The highest BCUT2D eigenvalue weighted by Gasteiger charge is 2.44. The number of piperidine rings is 1. The van der Waals surface area contributed by atoms with Crippen LogP contribution in [-0.2, 0) is 14.3 Å². The number of amides is 1. The van der Waals surface area contributed by atoms with Crippen molar-refractivity contribution >= 4 is 11.7 Å². The van der Waals surface area contributed by atoms with Gasteiger partial charge in [0.2, 0.25) is 5.91 Å². The SMILES string of the molecule is COCCNC(=O)[C@@H]1CN(c2ccncn2)C[C@H]2OCC[C@H]21. The van der Waals surface area contributed by atoms with Crippen molar-refractivity contribution < 1.29 is 14.3 Å². The van der Waals surface area contributed by atoms with Gasteiger partial charge in [0.15, 0.2) is 0 Å². The number of methoxy groups -OCH3 is 1. The summed E-state index contributed by atoms with van der Waals surface area (Å²) in [7, 11) is 1.63. The maximum Gasteiger partial charge on any atom is 0.225 e. The molecule has 0 bridgehead atoms. The van der Waals surface area contributed by atoms with E-state index in [4.69, 9.17) is 9.47 Å². The predicted molar refractivity (Wildman–Crippen MR) is 80.5 cm³/mol. The van der Waals surface area contributed by atoms with Gasteiger partial charge < -0.3 is 19.7 Å². The van der Waals surface area contributed by atoms with Crippen LogP contribution < -0.4 is 10.2 Å². The fourth-order valence-corrected chi connectivity index (χ4v) is 3.32. The first kappa shape index (κ1) is 15.2. The van der Waals surface area contributed by atoms with Gasteiger partial charge in [0.1, 0.15) is 12.1 Å². The number of hydrogen-bond donors (Lipinski definition) is 1. The summed E-state index contributed by atoms with van der Waals surface area (Å²) >= 11 is 0. The molecule has 2 aliphatic rings. The Labute approximate surface area is 130 Å². The minimum Gasteiger partial charge on any atom is -0.383 e. The van der Waals surface area contributed by atoms with Crippen LogP contribution in [0.15, 0.2) is 18.6 Å². The average molecular weight is 306 g/mol. The maximum atomic E-state index is 12.5. The summed E-state index contributed by atoms with van der Waals surface area (Å²) in [6, 6.07) is 1.87. The minimum atomic E-state index is -0.0759. The van der Waals surface area contributed by atoms with Gasteiger partial charge in [0.05, 0.1) is 18.6 Å². The van der Waals surface area contributed by atoms with Gasteiger partial charge in [-0.15, -0.1) is 0 Å². The van der Waals surface area contributed by atoms with Crippen LogP contribution in [0.4, 0.5) is 5.82 Å². The summed E-state index contributed by atoms with van der Waals surface area (Å²) in [5, 5.41) is 2.96. The van der Waals surface area contributed by atoms with E-state index in [0.29, 0.717) is 25.6 Å². The van der Waals surface area contributed by atoms with E-state index in [0.717, 1.165) is 25.4 Å². The molecule has 7 nitrogen and oxygen atoms in total. The van der Waals surface area contributed by atoms with E-state index in [9.17, 15) is 4.79 Å². The van der Waals surface area contributed by atoms with Gasteiger partial charge in [-0.1, -0.05) is 0 Å². The van der Waals surface area contributed by atoms with Crippen LogP contribution in [0, 0.1) is 11.8 Å². The quantitative estimate of drug-likeness (QED) is 0.777. The molecule has 2 saturated heterocycles. The number of carbonyl (C=O) groups excluding carboxylic acids is 1. The standard InChI is InChI=1S/C15H22N4O3/c1-21-7-5-17-15(20)12-8-19(14-2-4-16-10-18-14)9-13-11(12)3-6-22-13/h2,4,10-13H,3,5-9H2,1H3,(H,17,20)/t11-,12+,13+/m0/s1. The molecule has 3 atom stereocenters. The highest BCUT2D eigenvalue weighted by Crippen LogP contribution is 2.35. The highest BCUT2D eigenvalue weighted by molar-refractivity contribution is 5.80. The zero-order chi connectivity index (χ0) is 15.4. The van der Waals surface area contributed by atoms with Crippen molar-refractivity contribution in [1.82, 2.24) is 15.3 Å². The third kappa shape index (κ3) is 3.20. The van der Waals surface area contributed by atoms with Crippen LogP contribution in [0.5, 0.6) is 0 Å². The molecule has 1 aromatic rings. The normalized spacial score (nSPS) is 27.5. The lowest BCUT2D eigenvalue weighted by Crippen LogP contribution is -2.53. The van der Waals surface area contributed by atoms with E-state index in [1.807, 2.05) is 6.07 Å². The van der Waals surface area contributed by atoms with E-state index in [2.05, 4.69) is 20.2 Å². The fraction of sp³-hybridized carbons (Fsp3) is 0.667. The molecule has 3 heterocycles. The van der Waals surface area contributed by atoms with Crippen molar-refractivity contribution in [2.45, 2.75) is 12.5 Å². The van der Waals surface area contributed by atoms with Gasteiger partial charge in [-0.25, -0.2) is 9.97 Å². The smallest absolute Gasteiger partial charge is 0.225 e. The molecule has 1 aromatic heterocycles. The molecular weight excluding hydrogens is 284 g/mol. The van der Waals surface area contributed by atoms with Crippen molar-refractivity contribution in [3.05, 3.63) is 18.6 Å². The lowest BCUT2D eigenvalue weighted by Gasteiger charge is -2.39. The van der Waals surface area contributed by atoms with Crippen LogP contribution in [0.25, 0.3) is 0 Å². The van der Waals surface area contributed by atoms with Crippen molar-refractivity contribution in [3.8, 4) is 0 Å². The molecule has 1 N–H and O–H groups in total. The first-order valence-electron chi connectivity index (χ1n) is 7.69. The molecule has 3 rings (SSSR count). The third-order valence-electron chi connectivity index (χ3n) is 4.43. The molecule has 0 aromatic carbocycles. The number of hydrogen-bond acceptors (Lipinski definition) is 6. The summed E-state index contributed by atoms with van der Waals surface area (Å²) in [4.78, 5) is 22.9. The Balaban J connectivity index is 1.71. The summed E-state index contributed by atoms with van der Waals surface area (Å²) in [5.74, 6) is 1.14. The van der Waals surface area contributed by atoms with Gasteiger partial charge in [0, 0.05) is 45.5 Å². The van der Waals surface area contributed by atoms with Crippen molar-refractivity contribution in [1.29, 1.82) is 0 Å². The molecule has 1 amide bonds. The lowest BCUT2D eigenvalue weighted by molar-refractivity contribution is -0.128. The largest absolute Gasteiger partial charge is 0.383 e. The van der Waals surface area contributed by atoms with Crippen molar-refractivity contribution in [2.75, 3.05) is 44.9 Å². The van der Waals surface area contributed by atoms with Gasteiger partial charge in [0.25, 0.3) is 0 Å². The maximum absolute atomic E-state index is 12.5. The van der Waals surface area contributed by atoms with Gasteiger partial charge in [-0.3, -0.25) is 4.79 Å². The second-order valence-electron chi connectivity index (χ2n) is 5.72. The number of fused-ring (bicyclic) bond motifs is 1. The number of aromatic nitrogens is 2. The summed E-state index contributed by atoms with van der Waals surface area (Å²) in [5.41, 5.74) is 0. The van der Waals surface area contributed by atoms with Crippen LogP contribution in [0.2, 0.25) is 0 Å². The van der Waals surface area contributed by atoms with Crippen LogP contribution in [-0.4, -0.2) is 61.9 Å². The Morgan fingerprint density at radius 2 is 2.45 bits per heavy atom. The van der Waals surface area contributed by atoms with Crippen LogP contribution >= 0.6 is 0 Å². The molecule has 0 saturated carbocycles. The second kappa shape index (κ2) is 7.02.